The van der Waals surface area contributed by atoms with Crippen LogP contribution >= 0.6 is 0 Å². The summed E-state index contributed by atoms with van der Waals surface area (Å²) < 4.78 is 0. The maximum Gasteiger partial charge on any atom is 0.212 e. The summed E-state index contributed by atoms with van der Waals surface area (Å²) in [5.74, 6) is 0. The number of hydrogen-bond donors (Lipinski definition) is 0. The zero-order chi connectivity index (χ0) is 30.9. The van der Waals surface area contributed by atoms with Crippen molar-refractivity contribution in [1.82, 2.24) is 0 Å². The molecule has 0 saturated heterocycles. The normalized spacial score (nSPS) is 11.2. The van der Waals surface area contributed by atoms with Gasteiger partial charge in [0.15, 0.2) is 0 Å². The van der Waals surface area contributed by atoms with Crippen molar-refractivity contribution in [3.05, 3.63) is 167 Å². The number of rotatable bonds is 5. The standard InChI is InChI=1S/C42H29N3/c1-28-11-19-33(20-12-28)45(41-10-6-8-32-7-4-5-9-35(32)41)34-21-16-30(17-22-34)14-15-31-18-24-37-36-23-13-29(2)25-38(36)40(27-43)42(44-3)39(37)26-31/h4-26H,1-2H3. The maximum atomic E-state index is 9.98. The van der Waals surface area contributed by atoms with Crippen molar-refractivity contribution in [2.75, 3.05) is 4.90 Å². The molecule has 0 bridgehead atoms. The molecule has 0 atom stereocenters. The number of aryl methyl sites for hydroxylation is 2. The van der Waals surface area contributed by atoms with Crippen LogP contribution < -0.4 is 4.90 Å². The monoisotopic (exact) mass is 575 g/mol. The van der Waals surface area contributed by atoms with Gasteiger partial charge in [-0.05, 0) is 82.2 Å². The van der Waals surface area contributed by atoms with Crippen molar-refractivity contribution < 1.29 is 0 Å². The van der Waals surface area contributed by atoms with Crippen LogP contribution in [-0.2, 0) is 0 Å². The van der Waals surface area contributed by atoms with E-state index in [-0.39, 0.29) is 0 Å². The lowest BCUT2D eigenvalue weighted by Crippen LogP contribution is -2.10. The minimum atomic E-state index is 0.412. The van der Waals surface area contributed by atoms with E-state index in [1.54, 1.807) is 0 Å². The van der Waals surface area contributed by atoms with Crippen LogP contribution in [-0.4, -0.2) is 0 Å². The minimum absolute atomic E-state index is 0.412. The van der Waals surface area contributed by atoms with Gasteiger partial charge >= 0.3 is 0 Å². The fraction of sp³-hybridized carbons (Fsp3) is 0.0476. The van der Waals surface area contributed by atoms with Crippen molar-refractivity contribution in [1.29, 1.82) is 5.26 Å². The lowest BCUT2D eigenvalue weighted by atomic mass is 9.93. The lowest BCUT2D eigenvalue weighted by Gasteiger charge is -2.27. The molecule has 0 aromatic heterocycles. The zero-order valence-corrected chi connectivity index (χ0v) is 25.1. The van der Waals surface area contributed by atoms with Gasteiger partial charge in [0.2, 0.25) is 5.69 Å². The smallest absolute Gasteiger partial charge is 0.212 e. The van der Waals surface area contributed by atoms with Gasteiger partial charge in [-0.3, -0.25) is 0 Å². The Kier molecular flexibility index (Phi) is 7.07. The van der Waals surface area contributed by atoms with Crippen LogP contribution in [0, 0.1) is 31.8 Å². The molecule has 0 radical (unpaired) electrons. The third-order valence-corrected chi connectivity index (χ3v) is 8.41. The molecule has 0 heterocycles. The Balaban J connectivity index is 1.26. The molecule has 0 aliphatic heterocycles. The van der Waals surface area contributed by atoms with E-state index in [0.717, 1.165) is 55.3 Å². The molecule has 0 saturated carbocycles. The molecule has 7 aromatic rings. The summed E-state index contributed by atoms with van der Waals surface area (Å²) in [6, 6.07) is 46.7. The highest BCUT2D eigenvalue weighted by atomic mass is 15.1. The molecule has 7 rings (SSSR count). The molecule has 3 heteroatoms. The van der Waals surface area contributed by atoms with E-state index in [2.05, 4.69) is 150 Å². The third-order valence-electron chi connectivity index (χ3n) is 8.41. The predicted octanol–water partition coefficient (Wildman–Crippen LogP) is 11.8. The second-order valence-electron chi connectivity index (χ2n) is 11.4. The summed E-state index contributed by atoms with van der Waals surface area (Å²) in [6.07, 6.45) is 4.15. The summed E-state index contributed by atoms with van der Waals surface area (Å²) in [7, 11) is 0. The summed E-state index contributed by atoms with van der Waals surface area (Å²) in [4.78, 5) is 6.12. The van der Waals surface area contributed by atoms with Gasteiger partial charge in [-0.2, -0.15) is 5.26 Å². The highest BCUT2D eigenvalue weighted by molar-refractivity contribution is 6.17. The van der Waals surface area contributed by atoms with Gasteiger partial charge in [0.25, 0.3) is 0 Å². The molecule has 0 N–H and O–H groups in total. The van der Waals surface area contributed by atoms with Crippen LogP contribution in [0.5, 0.6) is 0 Å². The fourth-order valence-corrected chi connectivity index (χ4v) is 6.14. The van der Waals surface area contributed by atoms with E-state index < -0.39 is 0 Å². The van der Waals surface area contributed by atoms with Gasteiger partial charge in [0.1, 0.15) is 0 Å². The van der Waals surface area contributed by atoms with E-state index in [1.807, 2.05) is 19.1 Å². The van der Waals surface area contributed by atoms with E-state index in [1.165, 1.54) is 16.3 Å². The molecule has 0 fully saturated rings. The second-order valence-corrected chi connectivity index (χ2v) is 11.4. The first-order valence-electron chi connectivity index (χ1n) is 14.9. The average molecular weight is 576 g/mol. The SMILES string of the molecule is [C-]#[N+]c1c(C#N)c2cc(C)ccc2c2ccc(C=Cc3ccc(N(c4ccc(C)cc4)c4cccc5ccccc45)cc3)cc12. The van der Waals surface area contributed by atoms with Crippen LogP contribution in [0.15, 0.2) is 127 Å². The molecule has 3 nitrogen and oxygen atoms in total. The summed E-state index contributed by atoms with van der Waals surface area (Å²) >= 11 is 0. The molecular weight excluding hydrogens is 546 g/mol. The first-order chi connectivity index (χ1) is 22.0. The Bertz CT molecular complexity index is 2340. The van der Waals surface area contributed by atoms with Crippen molar-refractivity contribution in [2.24, 2.45) is 0 Å². The van der Waals surface area contributed by atoms with Crippen LogP contribution in [0.1, 0.15) is 27.8 Å². The molecular formula is C42H29N3. The van der Waals surface area contributed by atoms with Crippen LogP contribution in [0.25, 0.3) is 49.3 Å². The Morgan fingerprint density at radius 2 is 1.22 bits per heavy atom. The maximum absolute atomic E-state index is 9.98. The van der Waals surface area contributed by atoms with Crippen LogP contribution in [0.4, 0.5) is 22.7 Å². The third kappa shape index (κ3) is 5.08. The van der Waals surface area contributed by atoms with Gasteiger partial charge in [-0.1, -0.05) is 120 Å². The molecule has 0 amide bonds. The Morgan fingerprint density at radius 3 is 1.98 bits per heavy atom. The highest BCUT2D eigenvalue weighted by Gasteiger charge is 2.16. The van der Waals surface area contributed by atoms with E-state index in [4.69, 9.17) is 6.57 Å². The minimum Gasteiger partial charge on any atom is -0.310 e. The van der Waals surface area contributed by atoms with Crippen molar-refractivity contribution in [2.45, 2.75) is 13.8 Å². The number of anilines is 3. The Hall–Kier alpha value is -6.16. The Morgan fingerprint density at radius 1 is 0.600 bits per heavy atom. The second kappa shape index (κ2) is 11.5. The van der Waals surface area contributed by atoms with E-state index in [0.29, 0.717) is 11.3 Å². The summed E-state index contributed by atoms with van der Waals surface area (Å²) in [5, 5.41) is 16.0. The molecule has 7 aromatic carbocycles. The van der Waals surface area contributed by atoms with Crippen molar-refractivity contribution >= 4 is 67.2 Å². The van der Waals surface area contributed by atoms with Crippen LogP contribution in [0.2, 0.25) is 0 Å². The first-order valence-corrected chi connectivity index (χ1v) is 14.9. The number of nitrogens with zero attached hydrogens (tertiary/aromatic N) is 3. The zero-order valence-electron chi connectivity index (χ0n) is 25.1. The largest absolute Gasteiger partial charge is 0.310 e. The summed E-state index contributed by atoms with van der Waals surface area (Å²) in [5.41, 5.74) is 8.50. The molecule has 0 unspecified atom stereocenters. The molecule has 45 heavy (non-hydrogen) atoms. The topological polar surface area (TPSA) is 31.4 Å². The van der Waals surface area contributed by atoms with Gasteiger partial charge in [-0.25, -0.2) is 4.85 Å². The van der Waals surface area contributed by atoms with Gasteiger partial charge in [-0.15, -0.1) is 0 Å². The predicted molar refractivity (Wildman–Crippen MR) is 189 cm³/mol. The Labute approximate surface area is 263 Å². The highest BCUT2D eigenvalue weighted by Crippen LogP contribution is 2.40. The molecule has 212 valence electrons. The first kappa shape index (κ1) is 27.7. The van der Waals surface area contributed by atoms with Crippen LogP contribution in [0.3, 0.4) is 0 Å². The van der Waals surface area contributed by atoms with Gasteiger partial charge in [0, 0.05) is 16.8 Å². The van der Waals surface area contributed by atoms with E-state index in [9.17, 15) is 5.26 Å². The number of benzene rings is 7. The van der Waals surface area contributed by atoms with Crippen molar-refractivity contribution in [3.8, 4) is 6.07 Å². The molecule has 0 aliphatic rings. The number of nitriles is 1. The van der Waals surface area contributed by atoms with Gasteiger partial charge in [0.05, 0.1) is 23.9 Å². The lowest BCUT2D eigenvalue weighted by molar-refractivity contribution is 1.29. The molecule has 0 spiro atoms. The number of fused-ring (bicyclic) bond motifs is 4. The molecule has 0 aliphatic carbocycles. The van der Waals surface area contributed by atoms with Gasteiger partial charge < -0.3 is 4.90 Å². The van der Waals surface area contributed by atoms with Crippen molar-refractivity contribution in [3.63, 3.8) is 0 Å². The van der Waals surface area contributed by atoms with E-state index >= 15 is 0 Å². The number of hydrogen-bond acceptors (Lipinski definition) is 2. The average Bonchev–Trinajstić information content (AvgIpc) is 3.08. The fourth-order valence-electron chi connectivity index (χ4n) is 6.14. The quantitative estimate of drug-likeness (QED) is 0.116. The summed E-state index contributed by atoms with van der Waals surface area (Å²) in [6.45, 7) is 12.0.